The third-order valence-electron chi connectivity index (χ3n) is 12.8. The van der Waals surface area contributed by atoms with Gasteiger partial charge in [0.05, 0.1) is 70.3 Å². The number of oxazole rings is 4. The Hall–Kier alpha value is -9.16. The molecule has 12 aromatic rings. The van der Waals surface area contributed by atoms with Gasteiger partial charge in [0, 0.05) is 32.3 Å². The fourth-order valence-corrected chi connectivity index (χ4v) is 9.66. The van der Waals surface area contributed by atoms with Crippen molar-refractivity contribution in [1.82, 2.24) is 19.9 Å². The predicted molar refractivity (Wildman–Crippen MR) is 268 cm³/mol. The Morgan fingerprint density at radius 1 is 0.294 bits per heavy atom. The second kappa shape index (κ2) is 16.4. The molecule has 0 radical (unpaired) electrons. The van der Waals surface area contributed by atoms with Gasteiger partial charge < -0.3 is 17.7 Å². The normalized spacial score (nSPS) is 11.5. The van der Waals surface area contributed by atoms with E-state index in [1.54, 1.807) is 24.8 Å². The first-order valence-corrected chi connectivity index (χ1v) is 22.2. The number of hydrogen-bond acceptors (Lipinski definition) is 12. The van der Waals surface area contributed by atoms with Crippen molar-refractivity contribution in [2.24, 2.45) is 0 Å². The van der Waals surface area contributed by atoms with Crippen molar-refractivity contribution >= 4 is 101 Å². The molecule has 68 heavy (non-hydrogen) atoms. The van der Waals surface area contributed by atoms with E-state index in [9.17, 15) is 0 Å². The Morgan fingerprint density at radius 3 is 0.735 bits per heavy atom. The molecule has 0 aliphatic heterocycles. The zero-order valence-electron chi connectivity index (χ0n) is 37.5. The molecule has 0 aliphatic carbocycles. The van der Waals surface area contributed by atoms with Gasteiger partial charge in [-0.2, -0.15) is 0 Å². The Bertz CT molecular complexity index is 3240. The van der Waals surface area contributed by atoms with E-state index in [0.29, 0.717) is 23.5 Å². The predicted octanol–water partition coefficient (Wildman–Crippen LogP) is 15.6. The van der Waals surface area contributed by atoms with Gasteiger partial charge in [0.15, 0.2) is 25.6 Å². The van der Waals surface area contributed by atoms with Gasteiger partial charge in [0.2, 0.25) is 23.5 Å². The SMILES string of the molecule is Cc1ccccc1N(c1cnco1)c1cc(N(c2cnco2)c2ccccc2C)c2ccc3c(N(c4cnco4)c4ccccc4C)cc(N(c4cnco4)c4ccccc4C)c4ccc1c2c43. The molecular weight excluding hydrogens is 849 g/mol. The summed E-state index contributed by atoms with van der Waals surface area (Å²) in [7, 11) is 0. The van der Waals surface area contributed by atoms with Crippen LogP contribution in [0.15, 0.2) is 201 Å². The van der Waals surface area contributed by atoms with E-state index >= 15 is 0 Å². The molecule has 330 valence electrons. The van der Waals surface area contributed by atoms with Crippen molar-refractivity contribution in [1.29, 1.82) is 0 Å². The zero-order chi connectivity index (χ0) is 45.9. The first-order chi connectivity index (χ1) is 33.4. The number of anilines is 12. The molecule has 0 bridgehead atoms. The van der Waals surface area contributed by atoms with Gasteiger partial charge in [-0.25, -0.2) is 19.9 Å². The molecular formula is C56H42N8O4. The van der Waals surface area contributed by atoms with Gasteiger partial charge in [-0.05, 0) is 86.3 Å². The van der Waals surface area contributed by atoms with Gasteiger partial charge in [-0.1, -0.05) is 97.1 Å². The van der Waals surface area contributed by atoms with E-state index < -0.39 is 0 Å². The number of hydrogen-bond donors (Lipinski definition) is 0. The average molecular weight is 891 g/mol. The number of benzene rings is 8. The third-order valence-corrected chi connectivity index (χ3v) is 12.8. The molecule has 0 spiro atoms. The minimum atomic E-state index is 0.552. The van der Waals surface area contributed by atoms with Crippen LogP contribution in [-0.4, -0.2) is 19.9 Å². The van der Waals surface area contributed by atoms with Crippen LogP contribution in [0.1, 0.15) is 22.3 Å². The van der Waals surface area contributed by atoms with Crippen LogP contribution in [0.25, 0.3) is 32.3 Å². The summed E-state index contributed by atoms with van der Waals surface area (Å²) in [5.74, 6) is 2.21. The second-order valence-corrected chi connectivity index (χ2v) is 16.7. The lowest BCUT2D eigenvalue weighted by Gasteiger charge is -2.33. The van der Waals surface area contributed by atoms with Crippen molar-refractivity contribution in [3.63, 3.8) is 0 Å². The van der Waals surface area contributed by atoms with Crippen LogP contribution in [-0.2, 0) is 0 Å². The quantitative estimate of drug-likeness (QED) is 0.109. The topological polar surface area (TPSA) is 117 Å². The van der Waals surface area contributed by atoms with Crippen LogP contribution in [0.4, 0.5) is 69.0 Å². The number of aromatic nitrogens is 4. The van der Waals surface area contributed by atoms with Gasteiger partial charge in [0.25, 0.3) is 0 Å². The average Bonchev–Trinajstić information content (AvgIpc) is 4.23. The summed E-state index contributed by atoms with van der Waals surface area (Å²) in [6.07, 6.45) is 12.9. The van der Waals surface area contributed by atoms with Crippen molar-refractivity contribution in [2.45, 2.75) is 27.7 Å². The van der Waals surface area contributed by atoms with Crippen molar-refractivity contribution in [3.05, 3.63) is 206 Å². The van der Waals surface area contributed by atoms with Gasteiger partial charge in [0.1, 0.15) is 0 Å². The largest absolute Gasteiger partial charge is 0.427 e. The summed E-state index contributed by atoms with van der Waals surface area (Å²) in [5.41, 5.74) is 11.3. The van der Waals surface area contributed by atoms with Gasteiger partial charge in [-0.15, -0.1) is 0 Å². The molecule has 0 aliphatic rings. The Morgan fingerprint density at radius 2 is 0.529 bits per heavy atom. The maximum atomic E-state index is 6.26. The fourth-order valence-electron chi connectivity index (χ4n) is 9.66. The first-order valence-electron chi connectivity index (χ1n) is 22.2. The highest BCUT2D eigenvalue weighted by Crippen LogP contribution is 2.55. The maximum absolute atomic E-state index is 6.26. The number of aryl methyl sites for hydroxylation is 4. The van der Waals surface area contributed by atoms with Crippen LogP contribution in [0.3, 0.4) is 0 Å². The zero-order valence-corrected chi connectivity index (χ0v) is 37.5. The summed E-state index contributed by atoms with van der Waals surface area (Å²) >= 11 is 0. The lowest BCUT2D eigenvalue weighted by atomic mass is 9.89. The molecule has 12 rings (SSSR count). The Kier molecular flexibility index (Phi) is 9.72. The maximum Gasteiger partial charge on any atom is 0.225 e. The molecule has 8 aromatic carbocycles. The Labute approximate surface area is 390 Å². The van der Waals surface area contributed by atoms with E-state index in [4.69, 9.17) is 17.7 Å². The Balaban J connectivity index is 1.29. The van der Waals surface area contributed by atoms with Crippen LogP contribution >= 0.6 is 0 Å². The summed E-state index contributed by atoms with van der Waals surface area (Å²) in [6.45, 7) is 8.43. The summed E-state index contributed by atoms with van der Waals surface area (Å²) in [4.78, 5) is 26.4. The molecule has 4 heterocycles. The monoisotopic (exact) mass is 890 g/mol. The minimum Gasteiger partial charge on any atom is -0.427 e. The van der Waals surface area contributed by atoms with E-state index in [-0.39, 0.29) is 0 Å². The molecule has 12 heteroatoms. The van der Waals surface area contributed by atoms with Crippen molar-refractivity contribution in [2.75, 3.05) is 19.6 Å². The molecule has 4 aromatic heterocycles. The summed E-state index contributed by atoms with van der Waals surface area (Å²) < 4.78 is 25.0. The molecule has 0 amide bonds. The number of para-hydroxylation sites is 4. The minimum absolute atomic E-state index is 0.552. The van der Waals surface area contributed by atoms with E-state index in [2.05, 4.69) is 152 Å². The van der Waals surface area contributed by atoms with E-state index in [0.717, 1.165) is 100 Å². The molecule has 0 N–H and O–H groups in total. The van der Waals surface area contributed by atoms with Crippen LogP contribution in [0.2, 0.25) is 0 Å². The molecule has 0 fully saturated rings. The highest BCUT2D eigenvalue weighted by Gasteiger charge is 2.32. The molecule has 0 atom stereocenters. The lowest BCUT2D eigenvalue weighted by molar-refractivity contribution is 0.563. The van der Waals surface area contributed by atoms with E-state index in [1.165, 1.54) is 25.6 Å². The molecule has 0 saturated carbocycles. The standard InChI is InChI=1S/C56H42N8O4/c1-35-13-5-9-17-43(35)61(51-27-57-31-65-51)47-25-48(62(52-28-58-32-66-52)44-18-10-6-14-36(44)2)40-23-24-42-50(64(54-30-60-34-68-54)46-20-12-8-16-38(46)4)26-49(41-22-21-39(47)55(40)56(41)42)63(53-29-59-33-67-53)45-19-11-7-15-37(45)3/h5-34H,1-4H3. The lowest BCUT2D eigenvalue weighted by Crippen LogP contribution is -2.16. The molecule has 0 saturated heterocycles. The highest BCUT2D eigenvalue weighted by atomic mass is 16.4. The fraction of sp³-hybridized carbons (Fsp3) is 0.0714. The smallest absolute Gasteiger partial charge is 0.225 e. The molecule has 0 unspecified atom stereocenters. The van der Waals surface area contributed by atoms with Crippen LogP contribution in [0, 0.1) is 27.7 Å². The summed E-state index contributed by atoms with van der Waals surface area (Å²) in [6, 6.07) is 46.5. The third kappa shape index (κ3) is 6.52. The number of nitrogens with zero attached hydrogens (tertiary/aromatic N) is 8. The first kappa shape index (κ1) is 40.4. The summed E-state index contributed by atoms with van der Waals surface area (Å²) in [5, 5.41) is 5.87. The number of rotatable bonds is 12. The van der Waals surface area contributed by atoms with Crippen molar-refractivity contribution in [3.8, 4) is 0 Å². The van der Waals surface area contributed by atoms with Crippen molar-refractivity contribution < 1.29 is 17.7 Å². The van der Waals surface area contributed by atoms with Gasteiger partial charge in [-0.3, -0.25) is 19.6 Å². The highest BCUT2D eigenvalue weighted by molar-refractivity contribution is 6.33. The van der Waals surface area contributed by atoms with Gasteiger partial charge >= 0.3 is 0 Å². The van der Waals surface area contributed by atoms with Crippen LogP contribution in [0.5, 0.6) is 0 Å². The molecule has 12 nitrogen and oxygen atoms in total. The van der Waals surface area contributed by atoms with Crippen LogP contribution < -0.4 is 19.6 Å². The second-order valence-electron chi connectivity index (χ2n) is 16.7. The van der Waals surface area contributed by atoms with E-state index in [1.807, 2.05) is 48.5 Å².